The van der Waals surface area contributed by atoms with Crippen LogP contribution in [-0.4, -0.2) is 6.54 Å². The normalized spacial score (nSPS) is 11.1. The molecule has 1 aromatic rings. The summed E-state index contributed by atoms with van der Waals surface area (Å²) in [4.78, 5) is 0. The van der Waals surface area contributed by atoms with Crippen LogP contribution in [0.1, 0.15) is 37.8 Å². The molecule has 0 amide bonds. The lowest BCUT2D eigenvalue weighted by atomic mass is 9.90. The summed E-state index contributed by atoms with van der Waals surface area (Å²) in [5.74, 6) is 0. The van der Waals surface area contributed by atoms with Gasteiger partial charge < -0.3 is 5.32 Å². The average Bonchev–Trinajstić information content (AvgIpc) is 2.26. The molecule has 0 aromatic heterocycles. The van der Waals surface area contributed by atoms with Crippen molar-refractivity contribution in [2.75, 3.05) is 11.9 Å². The van der Waals surface area contributed by atoms with Gasteiger partial charge in [-0.1, -0.05) is 15.9 Å². The minimum Gasteiger partial charge on any atom is -0.385 e. The van der Waals surface area contributed by atoms with Crippen molar-refractivity contribution in [1.82, 2.24) is 0 Å². The third-order valence-corrected chi connectivity index (χ3v) is 3.54. The second kappa shape index (κ2) is 6.24. The third-order valence-electron chi connectivity index (χ3n) is 3.08. The van der Waals surface area contributed by atoms with Gasteiger partial charge in [0.05, 0.1) is 11.5 Å². The first kappa shape index (κ1) is 15.0. The van der Waals surface area contributed by atoms with Gasteiger partial charge in [0.2, 0.25) is 0 Å². The highest BCUT2D eigenvalue weighted by molar-refractivity contribution is 9.10. The number of nitrogens with one attached hydrogen (secondary N) is 1. The van der Waals surface area contributed by atoms with Gasteiger partial charge in [0.1, 0.15) is 0 Å². The Hall–Kier alpha value is -1.01. The Labute approximate surface area is 119 Å². The van der Waals surface area contributed by atoms with E-state index in [1.807, 2.05) is 13.8 Å². The van der Waals surface area contributed by atoms with Crippen LogP contribution < -0.4 is 5.32 Å². The van der Waals surface area contributed by atoms with E-state index < -0.39 is 0 Å². The molecule has 18 heavy (non-hydrogen) atoms. The monoisotopic (exact) mass is 308 g/mol. The molecule has 1 N–H and O–H groups in total. The molecule has 98 valence electrons. The van der Waals surface area contributed by atoms with Crippen molar-refractivity contribution in [1.29, 1.82) is 5.26 Å². The Morgan fingerprint density at radius 2 is 1.83 bits per heavy atom. The fourth-order valence-electron chi connectivity index (χ4n) is 1.99. The molecule has 0 spiro atoms. The van der Waals surface area contributed by atoms with Gasteiger partial charge >= 0.3 is 0 Å². The Balaban J connectivity index is 2.53. The largest absolute Gasteiger partial charge is 0.385 e. The lowest BCUT2D eigenvalue weighted by Gasteiger charge is -2.17. The van der Waals surface area contributed by atoms with E-state index >= 15 is 0 Å². The lowest BCUT2D eigenvalue weighted by Crippen LogP contribution is -2.12. The lowest BCUT2D eigenvalue weighted by molar-refractivity contribution is 0.441. The fourth-order valence-corrected chi connectivity index (χ4v) is 2.68. The minimum absolute atomic E-state index is 0.217. The van der Waals surface area contributed by atoms with Gasteiger partial charge in [-0.15, -0.1) is 0 Å². The van der Waals surface area contributed by atoms with Crippen LogP contribution >= 0.6 is 15.9 Å². The fraction of sp³-hybridized carbons (Fsp3) is 0.533. The maximum Gasteiger partial charge on any atom is 0.0683 e. The molecule has 0 unspecified atom stereocenters. The van der Waals surface area contributed by atoms with Crippen molar-refractivity contribution < 1.29 is 0 Å². The maximum absolute atomic E-state index is 8.95. The molecule has 0 bridgehead atoms. The number of nitrogens with zero attached hydrogens (tertiary/aromatic N) is 1. The van der Waals surface area contributed by atoms with Crippen LogP contribution in [0.25, 0.3) is 0 Å². The second-order valence-corrected chi connectivity index (χ2v) is 6.36. The van der Waals surface area contributed by atoms with Crippen molar-refractivity contribution in [3.63, 3.8) is 0 Å². The van der Waals surface area contributed by atoms with Gasteiger partial charge in [0.25, 0.3) is 0 Å². The number of hydrogen-bond donors (Lipinski definition) is 1. The molecule has 0 fully saturated rings. The molecule has 0 aliphatic rings. The number of anilines is 1. The molecule has 0 heterocycles. The number of hydrogen-bond acceptors (Lipinski definition) is 2. The van der Waals surface area contributed by atoms with Crippen molar-refractivity contribution in [2.24, 2.45) is 5.41 Å². The molecule has 0 saturated heterocycles. The van der Waals surface area contributed by atoms with Crippen LogP contribution in [0.15, 0.2) is 16.6 Å². The van der Waals surface area contributed by atoms with Gasteiger partial charge in [0.15, 0.2) is 0 Å². The maximum atomic E-state index is 8.95. The van der Waals surface area contributed by atoms with Crippen LogP contribution in [0.4, 0.5) is 5.69 Å². The van der Waals surface area contributed by atoms with E-state index in [4.69, 9.17) is 5.26 Å². The second-order valence-electron chi connectivity index (χ2n) is 5.44. The van der Waals surface area contributed by atoms with Crippen molar-refractivity contribution >= 4 is 21.6 Å². The Morgan fingerprint density at radius 1 is 1.28 bits per heavy atom. The number of nitriles is 1. The summed E-state index contributed by atoms with van der Waals surface area (Å²) in [5.41, 5.74) is 3.50. The Kier molecular flexibility index (Phi) is 5.22. The predicted molar refractivity (Wildman–Crippen MR) is 80.7 cm³/mol. The van der Waals surface area contributed by atoms with Gasteiger partial charge in [-0.2, -0.15) is 5.26 Å². The molecule has 0 radical (unpaired) electrons. The van der Waals surface area contributed by atoms with E-state index in [9.17, 15) is 0 Å². The minimum atomic E-state index is -0.217. The molecule has 0 aliphatic carbocycles. The average molecular weight is 309 g/mol. The highest BCUT2D eigenvalue weighted by Crippen LogP contribution is 2.26. The molecule has 0 saturated carbocycles. The van der Waals surface area contributed by atoms with Crippen molar-refractivity contribution in [2.45, 2.75) is 40.5 Å². The molecular weight excluding hydrogens is 288 g/mol. The summed E-state index contributed by atoms with van der Waals surface area (Å²) < 4.78 is 1.12. The first-order valence-corrected chi connectivity index (χ1v) is 7.07. The van der Waals surface area contributed by atoms with Gasteiger partial charge in [-0.3, -0.25) is 0 Å². The van der Waals surface area contributed by atoms with Crippen molar-refractivity contribution in [3.05, 3.63) is 27.7 Å². The van der Waals surface area contributed by atoms with E-state index in [2.05, 4.69) is 53.3 Å². The zero-order valence-electron chi connectivity index (χ0n) is 11.6. The van der Waals surface area contributed by atoms with Gasteiger partial charge in [0, 0.05) is 16.7 Å². The molecule has 1 rings (SSSR count). The number of aryl methyl sites for hydroxylation is 2. The van der Waals surface area contributed by atoms with Crippen molar-refractivity contribution in [3.8, 4) is 6.07 Å². The van der Waals surface area contributed by atoms with Crippen LogP contribution in [0, 0.1) is 30.6 Å². The summed E-state index contributed by atoms with van der Waals surface area (Å²) in [7, 11) is 0. The van der Waals surface area contributed by atoms with Crippen LogP contribution in [0.3, 0.4) is 0 Å². The van der Waals surface area contributed by atoms with Crippen LogP contribution in [0.2, 0.25) is 0 Å². The quantitative estimate of drug-likeness (QED) is 0.792. The van der Waals surface area contributed by atoms with E-state index in [1.165, 1.54) is 16.8 Å². The van der Waals surface area contributed by atoms with Crippen LogP contribution in [-0.2, 0) is 0 Å². The highest BCUT2D eigenvalue weighted by atomic mass is 79.9. The predicted octanol–water partition coefficient (Wildman–Crippen LogP) is 4.81. The Morgan fingerprint density at radius 3 is 2.33 bits per heavy atom. The van der Waals surface area contributed by atoms with E-state index in [0.29, 0.717) is 0 Å². The summed E-state index contributed by atoms with van der Waals surface area (Å²) in [6.45, 7) is 9.11. The Bertz CT molecular complexity index is 435. The first-order valence-electron chi connectivity index (χ1n) is 6.27. The standard InChI is InChI=1S/C15H21BrN2/c1-11-8-13(16)9-12(2)14(11)18-7-5-6-15(3,4)10-17/h8-9,18H,5-7H2,1-4H3. The SMILES string of the molecule is Cc1cc(Br)cc(C)c1NCCCC(C)(C)C#N. The smallest absolute Gasteiger partial charge is 0.0683 e. The summed E-state index contributed by atoms with van der Waals surface area (Å²) in [6.07, 6.45) is 1.93. The van der Waals surface area contributed by atoms with Crippen LogP contribution in [0.5, 0.6) is 0 Å². The summed E-state index contributed by atoms with van der Waals surface area (Å²) >= 11 is 3.50. The molecule has 1 aromatic carbocycles. The third kappa shape index (κ3) is 4.34. The van der Waals surface area contributed by atoms with E-state index in [-0.39, 0.29) is 5.41 Å². The van der Waals surface area contributed by atoms with E-state index in [1.54, 1.807) is 0 Å². The zero-order valence-corrected chi connectivity index (χ0v) is 13.2. The number of halogens is 1. The molecule has 3 heteroatoms. The topological polar surface area (TPSA) is 35.8 Å². The van der Waals surface area contributed by atoms with Gasteiger partial charge in [-0.25, -0.2) is 0 Å². The highest BCUT2D eigenvalue weighted by Gasteiger charge is 2.15. The molecular formula is C15H21BrN2. The molecule has 2 nitrogen and oxygen atoms in total. The van der Waals surface area contributed by atoms with E-state index in [0.717, 1.165) is 23.9 Å². The molecule has 0 atom stereocenters. The summed E-state index contributed by atoms with van der Waals surface area (Å²) in [6, 6.07) is 6.58. The first-order chi connectivity index (χ1) is 8.35. The number of benzene rings is 1. The summed E-state index contributed by atoms with van der Waals surface area (Å²) in [5, 5.41) is 12.4. The number of rotatable bonds is 5. The van der Waals surface area contributed by atoms with Gasteiger partial charge in [-0.05, 0) is 63.8 Å². The molecule has 0 aliphatic heterocycles. The zero-order chi connectivity index (χ0) is 13.8.